The van der Waals surface area contributed by atoms with Crippen molar-refractivity contribution < 1.29 is 4.52 Å². The zero-order valence-corrected chi connectivity index (χ0v) is 13.3. The maximum absolute atomic E-state index is 5.27. The van der Waals surface area contributed by atoms with E-state index in [0.717, 1.165) is 30.3 Å². The summed E-state index contributed by atoms with van der Waals surface area (Å²) in [6.07, 6.45) is 5.19. The van der Waals surface area contributed by atoms with E-state index in [9.17, 15) is 0 Å². The molecule has 0 aromatic carbocycles. The predicted octanol–water partition coefficient (Wildman–Crippen LogP) is 2.33. The average Bonchev–Trinajstić information content (AvgIpc) is 2.96. The minimum Gasteiger partial charge on any atom is -0.339 e. The van der Waals surface area contributed by atoms with E-state index < -0.39 is 0 Å². The van der Waals surface area contributed by atoms with Gasteiger partial charge in [-0.25, -0.2) is 0 Å². The Morgan fingerprint density at radius 3 is 2.50 bits per heavy atom. The van der Waals surface area contributed by atoms with Crippen molar-refractivity contribution in [2.75, 3.05) is 7.05 Å². The number of hydrogen-bond donors (Lipinski definition) is 1. The van der Waals surface area contributed by atoms with E-state index >= 15 is 0 Å². The summed E-state index contributed by atoms with van der Waals surface area (Å²) < 4.78 is 5.27. The second-order valence-corrected chi connectivity index (χ2v) is 6.38. The molecule has 2 fully saturated rings. The fourth-order valence-corrected chi connectivity index (χ4v) is 3.31. The fourth-order valence-electron chi connectivity index (χ4n) is 3.31. The van der Waals surface area contributed by atoms with Crippen LogP contribution in [0.4, 0.5) is 0 Å². The quantitative estimate of drug-likeness (QED) is 0.925. The molecule has 1 aromatic rings. The largest absolute Gasteiger partial charge is 0.339 e. The first-order valence-electron chi connectivity index (χ1n) is 7.40. The molecule has 0 aliphatic carbocycles. The molecule has 5 nitrogen and oxygen atoms in total. The molecule has 2 saturated heterocycles. The molecule has 1 N–H and O–H groups in total. The van der Waals surface area contributed by atoms with Crippen molar-refractivity contribution >= 4 is 12.4 Å². The number of halogens is 1. The van der Waals surface area contributed by atoms with Crippen molar-refractivity contribution in [2.45, 2.75) is 70.1 Å². The van der Waals surface area contributed by atoms with E-state index in [1.807, 2.05) is 0 Å². The molecular weight excluding hydrogens is 276 g/mol. The fraction of sp³-hybridized carbons (Fsp3) is 0.857. The van der Waals surface area contributed by atoms with Gasteiger partial charge in [0.25, 0.3) is 0 Å². The molecule has 2 aliphatic heterocycles. The maximum Gasteiger partial charge on any atom is 0.229 e. The Balaban J connectivity index is 0.00000147. The topological polar surface area (TPSA) is 54.2 Å². The van der Waals surface area contributed by atoms with Gasteiger partial charge in [0.05, 0.1) is 6.54 Å². The third-order valence-corrected chi connectivity index (χ3v) is 4.44. The van der Waals surface area contributed by atoms with E-state index in [1.165, 1.54) is 25.7 Å². The number of fused-ring (bicyclic) bond motifs is 2. The van der Waals surface area contributed by atoms with Gasteiger partial charge in [0.15, 0.2) is 5.82 Å². The zero-order chi connectivity index (χ0) is 13.4. The van der Waals surface area contributed by atoms with Crippen molar-refractivity contribution in [1.82, 2.24) is 20.4 Å². The lowest BCUT2D eigenvalue weighted by Crippen LogP contribution is -2.46. The molecule has 114 valence electrons. The van der Waals surface area contributed by atoms with Crippen LogP contribution in [0.25, 0.3) is 0 Å². The molecule has 2 aliphatic rings. The Kier molecular flexibility index (Phi) is 5.04. The van der Waals surface area contributed by atoms with E-state index in [0.29, 0.717) is 12.0 Å². The predicted molar refractivity (Wildman–Crippen MR) is 80.1 cm³/mol. The summed E-state index contributed by atoms with van der Waals surface area (Å²) in [6, 6.07) is 2.10. The Labute approximate surface area is 126 Å². The Morgan fingerprint density at radius 2 is 1.95 bits per heavy atom. The first-order chi connectivity index (χ1) is 9.11. The van der Waals surface area contributed by atoms with Crippen LogP contribution in [-0.2, 0) is 6.54 Å². The summed E-state index contributed by atoms with van der Waals surface area (Å²) in [4.78, 5) is 6.85. The molecule has 0 spiro atoms. The molecule has 0 saturated carbocycles. The van der Waals surface area contributed by atoms with Gasteiger partial charge in [-0.05, 0) is 32.7 Å². The smallest absolute Gasteiger partial charge is 0.229 e. The number of nitrogens with zero attached hydrogens (tertiary/aromatic N) is 3. The van der Waals surface area contributed by atoms with Gasteiger partial charge >= 0.3 is 0 Å². The van der Waals surface area contributed by atoms with E-state index in [-0.39, 0.29) is 12.4 Å². The SMILES string of the molecule is CC(C)c1nc(CN(C)C2CC3CCC(C2)N3)no1.Cl. The van der Waals surface area contributed by atoms with Crippen LogP contribution in [-0.4, -0.2) is 40.2 Å². The van der Waals surface area contributed by atoms with E-state index in [4.69, 9.17) is 4.52 Å². The van der Waals surface area contributed by atoms with Crippen LogP contribution in [0.15, 0.2) is 4.52 Å². The second-order valence-electron chi connectivity index (χ2n) is 6.38. The zero-order valence-electron chi connectivity index (χ0n) is 12.5. The van der Waals surface area contributed by atoms with E-state index in [2.05, 4.69) is 41.3 Å². The van der Waals surface area contributed by atoms with Crippen LogP contribution in [0.3, 0.4) is 0 Å². The van der Waals surface area contributed by atoms with Crippen molar-refractivity contribution in [3.63, 3.8) is 0 Å². The highest BCUT2D eigenvalue weighted by Gasteiger charge is 2.35. The molecule has 2 atom stereocenters. The lowest BCUT2D eigenvalue weighted by molar-refractivity contribution is 0.161. The molecule has 0 amide bonds. The second kappa shape index (κ2) is 6.41. The highest BCUT2D eigenvalue weighted by Crippen LogP contribution is 2.29. The number of piperidine rings is 1. The molecule has 2 unspecified atom stereocenters. The van der Waals surface area contributed by atoms with Gasteiger partial charge in [0, 0.05) is 24.0 Å². The third kappa shape index (κ3) is 3.32. The van der Waals surface area contributed by atoms with Crippen LogP contribution >= 0.6 is 12.4 Å². The molecule has 2 bridgehead atoms. The molecule has 3 heterocycles. The minimum atomic E-state index is 0. The van der Waals surface area contributed by atoms with Crippen molar-refractivity contribution in [2.24, 2.45) is 0 Å². The molecule has 3 rings (SSSR count). The van der Waals surface area contributed by atoms with Crippen LogP contribution in [0.2, 0.25) is 0 Å². The van der Waals surface area contributed by atoms with Gasteiger partial charge in [-0.3, -0.25) is 4.90 Å². The molecule has 20 heavy (non-hydrogen) atoms. The highest BCUT2D eigenvalue weighted by molar-refractivity contribution is 5.85. The maximum atomic E-state index is 5.27. The summed E-state index contributed by atoms with van der Waals surface area (Å²) >= 11 is 0. The van der Waals surface area contributed by atoms with E-state index in [1.54, 1.807) is 0 Å². The Morgan fingerprint density at radius 1 is 1.30 bits per heavy atom. The van der Waals surface area contributed by atoms with Crippen LogP contribution in [0, 0.1) is 0 Å². The molecule has 1 aromatic heterocycles. The highest BCUT2D eigenvalue weighted by atomic mass is 35.5. The minimum absolute atomic E-state index is 0. The number of nitrogens with one attached hydrogen (secondary N) is 1. The molecular formula is C14H25ClN4O. The van der Waals surface area contributed by atoms with Crippen molar-refractivity contribution in [1.29, 1.82) is 0 Å². The Hall–Kier alpha value is -0.650. The molecule has 6 heteroatoms. The summed E-state index contributed by atoms with van der Waals surface area (Å²) in [5.41, 5.74) is 0. The van der Waals surface area contributed by atoms with Gasteiger partial charge in [-0.2, -0.15) is 4.98 Å². The first-order valence-corrected chi connectivity index (χ1v) is 7.40. The van der Waals surface area contributed by atoms with Crippen LogP contribution in [0.5, 0.6) is 0 Å². The lowest BCUT2D eigenvalue weighted by atomic mass is 9.98. The monoisotopic (exact) mass is 300 g/mol. The number of aromatic nitrogens is 2. The summed E-state index contributed by atoms with van der Waals surface area (Å²) in [5, 5.41) is 7.76. The molecule has 0 radical (unpaired) electrons. The third-order valence-electron chi connectivity index (χ3n) is 4.44. The van der Waals surface area contributed by atoms with Crippen LogP contribution < -0.4 is 5.32 Å². The van der Waals surface area contributed by atoms with Gasteiger partial charge in [0.2, 0.25) is 5.89 Å². The normalized spacial score (nSPS) is 28.9. The summed E-state index contributed by atoms with van der Waals surface area (Å²) in [7, 11) is 2.18. The Bertz CT molecular complexity index is 425. The van der Waals surface area contributed by atoms with Gasteiger partial charge in [-0.15, -0.1) is 12.4 Å². The van der Waals surface area contributed by atoms with Gasteiger partial charge in [-0.1, -0.05) is 19.0 Å². The van der Waals surface area contributed by atoms with Gasteiger partial charge in [0.1, 0.15) is 0 Å². The summed E-state index contributed by atoms with van der Waals surface area (Å²) in [5.74, 6) is 1.87. The van der Waals surface area contributed by atoms with Crippen molar-refractivity contribution in [3.05, 3.63) is 11.7 Å². The standard InChI is InChI=1S/C14H24N4O.ClH/c1-9(2)14-16-13(17-19-14)8-18(3)12-6-10-4-5-11(7-12)15-10;/h9-12,15H,4-8H2,1-3H3;1H. The summed E-state index contributed by atoms with van der Waals surface area (Å²) in [6.45, 7) is 4.94. The average molecular weight is 301 g/mol. The first kappa shape index (κ1) is 15.7. The number of hydrogen-bond acceptors (Lipinski definition) is 5. The van der Waals surface area contributed by atoms with Crippen molar-refractivity contribution in [3.8, 4) is 0 Å². The van der Waals surface area contributed by atoms with Gasteiger partial charge < -0.3 is 9.84 Å². The lowest BCUT2D eigenvalue weighted by Gasteiger charge is -2.34. The van der Waals surface area contributed by atoms with Crippen LogP contribution in [0.1, 0.15) is 57.2 Å². The number of rotatable bonds is 4.